The summed E-state index contributed by atoms with van der Waals surface area (Å²) < 4.78 is 6.22. The lowest BCUT2D eigenvalue weighted by atomic mass is 10.0. The van der Waals surface area contributed by atoms with Gasteiger partial charge in [-0.15, -0.1) is 0 Å². The zero-order valence-electron chi connectivity index (χ0n) is 16.4. The smallest absolute Gasteiger partial charge is 0.143 e. The van der Waals surface area contributed by atoms with E-state index in [1.54, 1.807) is 11.3 Å². The number of hydrogen-bond acceptors (Lipinski definition) is 6. The Kier molecular flexibility index (Phi) is 5.10. The molecule has 0 aromatic carbocycles. The lowest BCUT2D eigenvalue weighted by molar-refractivity contribution is 0.0795. The van der Waals surface area contributed by atoms with E-state index in [4.69, 9.17) is 4.74 Å². The van der Waals surface area contributed by atoms with Crippen LogP contribution in [0.5, 0.6) is 5.75 Å². The van der Waals surface area contributed by atoms with Crippen molar-refractivity contribution in [1.82, 2.24) is 19.9 Å². The second-order valence-corrected chi connectivity index (χ2v) is 8.62. The maximum atomic E-state index is 6.22. The SMILES string of the molecule is Cc1cc(OC2CCN(C(C)c3cnc4sc(C)nc4c3)CC2)cc(C)n1. The molecule has 0 spiro atoms. The third-order valence-corrected chi connectivity index (χ3v) is 6.13. The van der Waals surface area contributed by atoms with E-state index < -0.39 is 0 Å². The first-order valence-electron chi connectivity index (χ1n) is 9.57. The summed E-state index contributed by atoms with van der Waals surface area (Å²) in [6.45, 7) is 10.4. The number of fused-ring (bicyclic) bond motifs is 1. The first-order valence-corrected chi connectivity index (χ1v) is 10.4. The Morgan fingerprint density at radius 3 is 2.48 bits per heavy atom. The van der Waals surface area contributed by atoms with Crippen LogP contribution in [-0.4, -0.2) is 39.0 Å². The van der Waals surface area contributed by atoms with Crippen LogP contribution in [0.1, 0.15) is 47.8 Å². The molecular formula is C21H26N4OS. The molecule has 4 rings (SSSR count). The van der Waals surface area contributed by atoms with E-state index in [2.05, 4.69) is 32.8 Å². The molecule has 1 fully saturated rings. The van der Waals surface area contributed by atoms with Crippen LogP contribution in [0.2, 0.25) is 0 Å². The molecule has 0 radical (unpaired) electrons. The van der Waals surface area contributed by atoms with Gasteiger partial charge in [0.25, 0.3) is 0 Å². The van der Waals surface area contributed by atoms with Gasteiger partial charge < -0.3 is 4.74 Å². The van der Waals surface area contributed by atoms with Gasteiger partial charge in [-0.2, -0.15) is 0 Å². The van der Waals surface area contributed by atoms with Gasteiger partial charge in [0, 0.05) is 48.8 Å². The van der Waals surface area contributed by atoms with Crippen LogP contribution in [0.4, 0.5) is 0 Å². The van der Waals surface area contributed by atoms with Crippen molar-refractivity contribution in [1.29, 1.82) is 0 Å². The number of aromatic nitrogens is 3. The Morgan fingerprint density at radius 2 is 1.78 bits per heavy atom. The van der Waals surface area contributed by atoms with Crippen molar-refractivity contribution in [2.45, 2.75) is 52.7 Å². The van der Waals surface area contributed by atoms with Crippen LogP contribution in [-0.2, 0) is 0 Å². The maximum Gasteiger partial charge on any atom is 0.143 e. The van der Waals surface area contributed by atoms with Gasteiger partial charge in [-0.05, 0) is 52.2 Å². The zero-order chi connectivity index (χ0) is 19.0. The van der Waals surface area contributed by atoms with Crippen molar-refractivity contribution in [3.05, 3.63) is 46.4 Å². The molecule has 27 heavy (non-hydrogen) atoms. The highest BCUT2D eigenvalue weighted by Gasteiger charge is 2.25. The van der Waals surface area contributed by atoms with E-state index >= 15 is 0 Å². The number of hydrogen-bond donors (Lipinski definition) is 0. The van der Waals surface area contributed by atoms with Crippen LogP contribution >= 0.6 is 11.3 Å². The highest BCUT2D eigenvalue weighted by atomic mass is 32.1. The highest BCUT2D eigenvalue weighted by Crippen LogP contribution is 2.28. The highest BCUT2D eigenvalue weighted by molar-refractivity contribution is 7.18. The van der Waals surface area contributed by atoms with Gasteiger partial charge in [-0.3, -0.25) is 9.88 Å². The van der Waals surface area contributed by atoms with Gasteiger partial charge in [0.15, 0.2) is 0 Å². The number of nitrogens with zero attached hydrogens (tertiary/aromatic N) is 4. The average molecular weight is 383 g/mol. The van der Waals surface area contributed by atoms with Crippen molar-refractivity contribution >= 4 is 21.7 Å². The lowest BCUT2D eigenvalue weighted by Gasteiger charge is -2.36. The molecule has 6 heteroatoms. The third-order valence-electron chi connectivity index (χ3n) is 5.24. The second kappa shape index (κ2) is 7.52. The van der Waals surface area contributed by atoms with Gasteiger partial charge in [-0.25, -0.2) is 9.97 Å². The first-order chi connectivity index (χ1) is 13.0. The summed E-state index contributed by atoms with van der Waals surface area (Å²) in [7, 11) is 0. The van der Waals surface area contributed by atoms with Gasteiger partial charge in [0.2, 0.25) is 0 Å². The molecular weight excluding hydrogens is 356 g/mol. The average Bonchev–Trinajstić information content (AvgIpc) is 3.00. The molecule has 0 bridgehead atoms. The fourth-order valence-electron chi connectivity index (χ4n) is 3.82. The molecule has 0 N–H and O–H groups in total. The van der Waals surface area contributed by atoms with E-state index in [0.29, 0.717) is 6.04 Å². The molecule has 5 nitrogen and oxygen atoms in total. The molecule has 4 heterocycles. The monoisotopic (exact) mass is 382 g/mol. The molecule has 0 saturated carbocycles. The van der Waals surface area contributed by atoms with E-state index in [1.807, 2.05) is 39.1 Å². The summed E-state index contributed by atoms with van der Waals surface area (Å²) >= 11 is 1.65. The number of pyridine rings is 2. The number of thiazole rings is 1. The number of piperidine rings is 1. The molecule has 1 aliphatic rings. The number of rotatable bonds is 4. The summed E-state index contributed by atoms with van der Waals surface area (Å²) in [5.41, 5.74) is 4.28. The van der Waals surface area contributed by atoms with Crippen LogP contribution in [0, 0.1) is 20.8 Å². The standard InChI is InChI=1S/C21H26N4OS/c1-13-9-19(10-14(2)23-13)26-18-5-7-25(8-6-18)15(3)17-11-20-21(22-12-17)27-16(4)24-20/h9-12,15,18H,5-8H2,1-4H3. The lowest BCUT2D eigenvalue weighted by Crippen LogP contribution is -2.39. The minimum atomic E-state index is 0.274. The molecule has 1 atom stereocenters. The van der Waals surface area contributed by atoms with Crippen LogP contribution < -0.4 is 4.74 Å². The molecule has 0 amide bonds. The quantitative estimate of drug-likeness (QED) is 0.659. The molecule has 142 valence electrons. The Hall–Kier alpha value is -2.05. The van der Waals surface area contributed by atoms with Crippen molar-refractivity contribution in [2.24, 2.45) is 0 Å². The van der Waals surface area contributed by atoms with E-state index in [0.717, 1.165) is 58.4 Å². The van der Waals surface area contributed by atoms with Gasteiger partial charge >= 0.3 is 0 Å². The van der Waals surface area contributed by atoms with E-state index in [-0.39, 0.29) is 6.10 Å². The number of ether oxygens (including phenoxy) is 1. The zero-order valence-corrected chi connectivity index (χ0v) is 17.2. The Bertz CT molecular complexity index is 926. The minimum Gasteiger partial charge on any atom is -0.490 e. The van der Waals surface area contributed by atoms with Crippen molar-refractivity contribution in [3.63, 3.8) is 0 Å². The van der Waals surface area contributed by atoms with Gasteiger partial charge in [0.1, 0.15) is 22.2 Å². The number of likely N-dealkylation sites (tertiary alicyclic amines) is 1. The van der Waals surface area contributed by atoms with Crippen LogP contribution in [0.25, 0.3) is 10.3 Å². The normalized spacial score (nSPS) is 17.3. The molecule has 0 aliphatic carbocycles. The van der Waals surface area contributed by atoms with Crippen LogP contribution in [0.15, 0.2) is 24.4 Å². The Morgan fingerprint density at radius 1 is 1.07 bits per heavy atom. The fraction of sp³-hybridized carbons (Fsp3) is 0.476. The van der Waals surface area contributed by atoms with Gasteiger partial charge in [0.05, 0.1) is 5.01 Å². The second-order valence-electron chi connectivity index (χ2n) is 7.44. The van der Waals surface area contributed by atoms with Crippen molar-refractivity contribution < 1.29 is 4.74 Å². The Balaban J connectivity index is 1.38. The Labute approximate surface area is 164 Å². The predicted octanol–water partition coefficient (Wildman–Crippen LogP) is 4.62. The molecule has 3 aromatic heterocycles. The summed E-state index contributed by atoms with van der Waals surface area (Å²) in [6.07, 6.45) is 4.36. The third kappa shape index (κ3) is 4.12. The maximum absolute atomic E-state index is 6.22. The largest absolute Gasteiger partial charge is 0.490 e. The summed E-state index contributed by atoms with van der Waals surface area (Å²) in [6, 6.07) is 6.59. The van der Waals surface area contributed by atoms with Crippen molar-refractivity contribution in [3.8, 4) is 5.75 Å². The van der Waals surface area contributed by atoms with Crippen LogP contribution in [0.3, 0.4) is 0 Å². The van der Waals surface area contributed by atoms with Gasteiger partial charge in [-0.1, -0.05) is 11.3 Å². The van der Waals surface area contributed by atoms with E-state index in [9.17, 15) is 0 Å². The summed E-state index contributed by atoms with van der Waals surface area (Å²) in [5.74, 6) is 0.944. The summed E-state index contributed by atoms with van der Waals surface area (Å²) in [4.78, 5) is 17.2. The molecule has 3 aromatic rings. The van der Waals surface area contributed by atoms with Crippen molar-refractivity contribution in [2.75, 3.05) is 13.1 Å². The predicted molar refractivity (Wildman–Crippen MR) is 110 cm³/mol. The number of aryl methyl sites for hydroxylation is 3. The molecule has 1 saturated heterocycles. The topological polar surface area (TPSA) is 51.1 Å². The van der Waals surface area contributed by atoms with E-state index in [1.165, 1.54) is 5.56 Å². The molecule has 1 unspecified atom stereocenters. The minimum absolute atomic E-state index is 0.274. The summed E-state index contributed by atoms with van der Waals surface area (Å²) in [5, 5.41) is 1.07. The fourth-order valence-corrected chi connectivity index (χ4v) is 4.56. The first kappa shape index (κ1) is 18.3. The molecule has 1 aliphatic heterocycles.